The number of benzene rings is 1. The summed E-state index contributed by atoms with van der Waals surface area (Å²) in [6, 6.07) is 10.2. The van der Waals surface area contributed by atoms with Gasteiger partial charge >= 0.3 is 0 Å². The number of carbonyl (C=O) groups is 1. The second-order valence-corrected chi connectivity index (χ2v) is 7.51. The largest absolute Gasteiger partial charge is 0.363 e. The highest BCUT2D eigenvalue weighted by Gasteiger charge is 2.17. The Balaban J connectivity index is 1.81. The first-order valence-electron chi connectivity index (χ1n) is 7.10. The Morgan fingerprint density at radius 1 is 1.27 bits per heavy atom. The number of amides is 1. The van der Waals surface area contributed by atoms with E-state index in [1.54, 1.807) is 7.05 Å². The van der Waals surface area contributed by atoms with E-state index in [4.69, 9.17) is 0 Å². The van der Waals surface area contributed by atoms with E-state index in [9.17, 15) is 4.79 Å². The first-order valence-corrected chi connectivity index (χ1v) is 8.80. The first kappa shape index (κ1) is 16.8. The summed E-state index contributed by atoms with van der Waals surface area (Å²) in [5.41, 5.74) is 1.23. The van der Waals surface area contributed by atoms with Crippen molar-refractivity contribution >= 4 is 34.1 Å². The van der Waals surface area contributed by atoms with Gasteiger partial charge in [-0.1, -0.05) is 60.4 Å². The van der Waals surface area contributed by atoms with Gasteiger partial charge in [0.05, 0.1) is 5.25 Å². The lowest BCUT2D eigenvalue weighted by molar-refractivity contribution is -0.120. The molecule has 2 N–H and O–H groups in total. The van der Waals surface area contributed by atoms with E-state index < -0.39 is 0 Å². The molecule has 0 saturated heterocycles. The molecule has 1 amide bonds. The fraction of sp³-hybridized carbons (Fsp3) is 0.400. The Morgan fingerprint density at radius 3 is 2.64 bits per heavy atom. The highest BCUT2D eigenvalue weighted by Crippen LogP contribution is 2.28. The van der Waals surface area contributed by atoms with Crippen LogP contribution in [0.25, 0.3) is 0 Å². The van der Waals surface area contributed by atoms with Crippen LogP contribution in [0.5, 0.6) is 0 Å². The van der Waals surface area contributed by atoms with Crippen molar-refractivity contribution in [3.63, 3.8) is 0 Å². The maximum atomic E-state index is 12.2. The lowest BCUT2D eigenvalue weighted by Gasteiger charge is -2.15. The van der Waals surface area contributed by atoms with Crippen molar-refractivity contribution in [2.24, 2.45) is 0 Å². The van der Waals surface area contributed by atoms with Gasteiger partial charge in [0.2, 0.25) is 11.0 Å². The summed E-state index contributed by atoms with van der Waals surface area (Å²) in [6.45, 7) is 4.62. The molecular weight excluding hydrogens is 316 g/mol. The Bertz CT molecular complexity index is 603. The number of nitrogens with zero attached hydrogens (tertiary/aromatic N) is 2. The molecule has 0 bridgehead atoms. The molecule has 0 aliphatic heterocycles. The van der Waals surface area contributed by atoms with Crippen molar-refractivity contribution in [3.05, 3.63) is 35.9 Å². The van der Waals surface area contributed by atoms with E-state index in [-0.39, 0.29) is 11.2 Å². The van der Waals surface area contributed by atoms with Crippen molar-refractivity contribution in [1.29, 1.82) is 0 Å². The van der Waals surface area contributed by atoms with E-state index in [0.29, 0.717) is 12.5 Å². The highest BCUT2D eigenvalue weighted by atomic mass is 32.2. The van der Waals surface area contributed by atoms with Crippen molar-refractivity contribution in [3.8, 4) is 0 Å². The lowest BCUT2D eigenvalue weighted by atomic mass is 10.0. The molecule has 0 fully saturated rings. The summed E-state index contributed by atoms with van der Waals surface area (Å²) in [7, 11) is 1.80. The Kier molecular flexibility index (Phi) is 6.21. The third-order valence-electron chi connectivity index (χ3n) is 3.22. The Morgan fingerprint density at radius 2 is 2.00 bits per heavy atom. The zero-order chi connectivity index (χ0) is 15.9. The molecule has 22 heavy (non-hydrogen) atoms. The fourth-order valence-electron chi connectivity index (χ4n) is 1.86. The van der Waals surface area contributed by atoms with Crippen LogP contribution in [0.1, 0.15) is 25.3 Å². The predicted octanol–water partition coefficient (Wildman–Crippen LogP) is 2.98. The Labute approximate surface area is 138 Å². The molecule has 1 aromatic heterocycles. The molecule has 0 aliphatic rings. The standard InChI is InChI=1S/C15H20N4OS2/c1-10(12-7-5-4-6-8-12)9-17-13(20)11(2)21-15-19-18-14(16-3)22-15/h4-8,10-11H,9H2,1-3H3,(H,16,18)(H,17,20)/t10-,11+/m0/s1. The van der Waals surface area contributed by atoms with E-state index >= 15 is 0 Å². The van der Waals surface area contributed by atoms with Gasteiger partial charge in [0, 0.05) is 13.6 Å². The van der Waals surface area contributed by atoms with Gasteiger partial charge in [-0.05, 0) is 18.4 Å². The van der Waals surface area contributed by atoms with E-state index in [1.807, 2.05) is 25.1 Å². The number of thioether (sulfide) groups is 1. The van der Waals surface area contributed by atoms with Crippen LogP contribution in [-0.2, 0) is 4.79 Å². The van der Waals surface area contributed by atoms with Crippen molar-refractivity contribution in [2.45, 2.75) is 29.4 Å². The number of hydrogen-bond donors (Lipinski definition) is 2. The molecule has 2 rings (SSSR count). The number of aromatic nitrogens is 2. The topological polar surface area (TPSA) is 66.9 Å². The average Bonchev–Trinajstić information content (AvgIpc) is 3.00. The summed E-state index contributed by atoms with van der Waals surface area (Å²) in [4.78, 5) is 12.2. The maximum Gasteiger partial charge on any atom is 0.233 e. The maximum absolute atomic E-state index is 12.2. The zero-order valence-electron chi connectivity index (χ0n) is 12.9. The molecule has 1 aromatic carbocycles. The predicted molar refractivity (Wildman–Crippen MR) is 92.6 cm³/mol. The SMILES string of the molecule is CNc1nnc(S[C@H](C)C(=O)NC[C@H](C)c2ccccc2)s1. The third kappa shape index (κ3) is 4.71. The first-order chi connectivity index (χ1) is 10.6. The minimum absolute atomic E-state index is 0.0222. The number of anilines is 1. The van der Waals surface area contributed by atoms with Crippen LogP contribution < -0.4 is 10.6 Å². The van der Waals surface area contributed by atoms with Crippen molar-refractivity contribution in [2.75, 3.05) is 18.9 Å². The van der Waals surface area contributed by atoms with Gasteiger partial charge in [0.15, 0.2) is 4.34 Å². The average molecular weight is 336 g/mol. The molecular formula is C15H20N4OS2. The summed E-state index contributed by atoms with van der Waals surface area (Å²) in [5, 5.41) is 14.5. The smallest absolute Gasteiger partial charge is 0.233 e. The number of carbonyl (C=O) groups excluding carboxylic acids is 1. The van der Waals surface area contributed by atoms with E-state index in [0.717, 1.165) is 9.47 Å². The normalized spacial score (nSPS) is 13.4. The number of rotatable bonds is 7. The molecule has 0 unspecified atom stereocenters. The quantitative estimate of drug-likeness (QED) is 0.761. The van der Waals surface area contributed by atoms with Gasteiger partial charge in [-0.15, -0.1) is 10.2 Å². The molecule has 0 aliphatic carbocycles. The highest BCUT2D eigenvalue weighted by molar-refractivity contribution is 8.02. The molecule has 118 valence electrons. The zero-order valence-corrected chi connectivity index (χ0v) is 14.5. The lowest BCUT2D eigenvalue weighted by Crippen LogP contribution is -2.33. The van der Waals surface area contributed by atoms with Crippen molar-refractivity contribution in [1.82, 2.24) is 15.5 Å². The summed E-state index contributed by atoms with van der Waals surface area (Å²) in [6.07, 6.45) is 0. The van der Waals surface area contributed by atoms with Gasteiger partial charge in [0.25, 0.3) is 0 Å². The molecule has 7 heteroatoms. The van der Waals surface area contributed by atoms with Gasteiger partial charge < -0.3 is 10.6 Å². The van der Waals surface area contributed by atoms with Crippen molar-refractivity contribution < 1.29 is 4.79 Å². The summed E-state index contributed by atoms with van der Waals surface area (Å²) in [5.74, 6) is 0.314. The minimum atomic E-state index is -0.194. The second-order valence-electron chi connectivity index (χ2n) is 4.94. The van der Waals surface area contributed by atoms with Gasteiger partial charge in [-0.25, -0.2) is 0 Å². The van der Waals surface area contributed by atoms with E-state index in [1.165, 1.54) is 28.7 Å². The third-order valence-corrected chi connectivity index (χ3v) is 5.34. The molecule has 2 atom stereocenters. The molecule has 0 spiro atoms. The number of hydrogen-bond acceptors (Lipinski definition) is 6. The Hall–Kier alpha value is -1.60. The fourth-order valence-corrected chi connectivity index (χ4v) is 3.73. The molecule has 0 saturated carbocycles. The molecule has 2 aromatic rings. The summed E-state index contributed by atoms with van der Waals surface area (Å²) >= 11 is 2.88. The van der Waals surface area contributed by atoms with Gasteiger partial charge in [-0.3, -0.25) is 4.79 Å². The van der Waals surface area contributed by atoms with Crippen LogP contribution in [0.3, 0.4) is 0 Å². The van der Waals surface area contributed by atoms with Crippen LogP contribution in [0.15, 0.2) is 34.7 Å². The van der Waals surface area contributed by atoms with E-state index in [2.05, 4.69) is 39.9 Å². The van der Waals surface area contributed by atoms with Crippen LogP contribution in [-0.4, -0.2) is 34.9 Å². The minimum Gasteiger partial charge on any atom is -0.363 e. The molecule has 0 radical (unpaired) electrons. The molecule has 1 heterocycles. The van der Waals surface area contributed by atoms with Crippen LogP contribution in [0.2, 0.25) is 0 Å². The van der Waals surface area contributed by atoms with Crippen LogP contribution in [0.4, 0.5) is 5.13 Å². The van der Waals surface area contributed by atoms with Gasteiger partial charge in [0.1, 0.15) is 0 Å². The second kappa shape index (κ2) is 8.14. The van der Waals surface area contributed by atoms with Gasteiger partial charge in [-0.2, -0.15) is 0 Å². The van der Waals surface area contributed by atoms with Crippen LogP contribution >= 0.6 is 23.1 Å². The van der Waals surface area contributed by atoms with Crippen LogP contribution in [0, 0.1) is 0 Å². The number of nitrogens with one attached hydrogen (secondary N) is 2. The molecule has 5 nitrogen and oxygen atoms in total. The monoisotopic (exact) mass is 336 g/mol. The summed E-state index contributed by atoms with van der Waals surface area (Å²) < 4.78 is 0.795.